The Bertz CT molecular complexity index is 319. The van der Waals surface area contributed by atoms with Gasteiger partial charge in [-0.05, 0) is 35.5 Å². The van der Waals surface area contributed by atoms with Crippen molar-refractivity contribution in [2.75, 3.05) is 20.1 Å². The third kappa shape index (κ3) is 2.45. The zero-order valence-electron chi connectivity index (χ0n) is 8.11. The van der Waals surface area contributed by atoms with Gasteiger partial charge < -0.3 is 9.64 Å². The molecule has 2 heterocycles. The van der Waals surface area contributed by atoms with Crippen molar-refractivity contribution < 1.29 is 4.74 Å². The van der Waals surface area contributed by atoms with E-state index in [9.17, 15) is 0 Å². The second-order valence-corrected chi connectivity index (χ2v) is 4.55. The Morgan fingerprint density at radius 2 is 2.43 bits per heavy atom. The summed E-state index contributed by atoms with van der Waals surface area (Å²) < 4.78 is 6.75. The van der Waals surface area contributed by atoms with Crippen molar-refractivity contribution in [1.29, 1.82) is 0 Å². The quantitative estimate of drug-likeness (QED) is 0.809. The van der Waals surface area contributed by atoms with Crippen molar-refractivity contribution in [2.45, 2.75) is 12.5 Å². The summed E-state index contributed by atoms with van der Waals surface area (Å²) >= 11 is 3.37. The fourth-order valence-corrected chi connectivity index (χ4v) is 1.98. The van der Waals surface area contributed by atoms with E-state index in [1.54, 1.807) is 12.4 Å². The largest absolute Gasteiger partial charge is 0.487 e. The van der Waals surface area contributed by atoms with Gasteiger partial charge in [-0.15, -0.1) is 0 Å². The minimum absolute atomic E-state index is 0.316. The predicted octanol–water partition coefficient (Wildman–Crippen LogP) is 1.93. The van der Waals surface area contributed by atoms with Crippen LogP contribution in [0.1, 0.15) is 6.42 Å². The Morgan fingerprint density at radius 1 is 1.57 bits per heavy atom. The van der Waals surface area contributed by atoms with E-state index in [2.05, 4.69) is 32.9 Å². The molecule has 0 unspecified atom stereocenters. The number of hydrogen-bond acceptors (Lipinski definition) is 3. The van der Waals surface area contributed by atoms with Gasteiger partial charge in [0.1, 0.15) is 11.9 Å². The zero-order chi connectivity index (χ0) is 9.97. The molecule has 0 aromatic carbocycles. The second-order valence-electron chi connectivity index (χ2n) is 3.63. The number of rotatable bonds is 2. The molecule has 1 aromatic rings. The van der Waals surface area contributed by atoms with Crippen LogP contribution in [0.5, 0.6) is 5.75 Å². The lowest BCUT2D eigenvalue weighted by molar-refractivity contribution is 0.207. The maximum Gasteiger partial charge on any atom is 0.139 e. The van der Waals surface area contributed by atoms with Gasteiger partial charge in [0.25, 0.3) is 0 Å². The van der Waals surface area contributed by atoms with Crippen molar-refractivity contribution >= 4 is 15.9 Å². The molecule has 1 aliphatic rings. The summed E-state index contributed by atoms with van der Waals surface area (Å²) in [7, 11) is 2.11. The highest BCUT2D eigenvalue weighted by atomic mass is 79.9. The molecule has 1 aromatic heterocycles. The average molecular weight is 257 g/mol. The lowest BCUT2D eigenvalue weighted by Gasteiger charge is -2.13. The summed E-state index contributed by atoms with van der Waals surface area (Å²) in [5.74, 6) is 0.847. The van der Waals surface area contributed by atoms with Crippen molar-refractivity contribution in [3.05, 3.63) is 22.9 Å². The van der Waals surface area contributed by atoms with Gasteiger partial charge in [-0.3, -0.25) is 4.98 Å². The van der Waals surface area contributed by atoms with Crippen LogP contribution in [0.2, 0.25) is 0 Å². The molecule has 14 heavy (non-hydrogen) atoms. The molecule has 1 atom stereocenters. The Labute approximate surface area is 92.2 Å². The van der Waals surface area contributed by atoms with E-state index >= 15 is 0 Å². The lowest BCUT2D eigenvalue weighted by Crippen LogP contribution is -2.21. The highest BCUT2D eigenvalue weighted by Crippen LogP contribution is 2.19. The van der Waals surface area contributed by atoms with Gasteiger partial charge in [-0.2, -0.15) is 0 Å². The van der Waals surface area contributed by atoms with Crippen LogP contribution in [0.3, 0.4) is 0 Å². The van der Waals surface area contributed by atoms with Crippen LogP contribution < -0.4 is 4.74 Å². The van der Waals surface area contributed by atoms with Gasteiger partial charge in [-0.25, -0.2) is 0 Å². The normalized spacial score (nSPS) is 22.6. The van der Waals surface area contributed by atoms with E-state index in [0.29, 0.717) is 6.10 Å². The molecule has 0 spiro atoms. The minimum atomic E-state index is 0.316. The van der Waals surface area contributed by atoms with Crippen LogP contribution in [-0.4, -0.2) is 36.1 Å². The van der Waals surface area contributed by atoms with E-state index in [1.165, 1.54) is 0 Å². The van der Waals surface area contributed by atoms with Gasteiger partial charge in [0.2, 0.25) is 0 Å². The summed E-state index contributed by atoms with van der Waals surface area (Å²) in [6.07, 6.45) is 4.93. The lowest BCUT2D eigenvalue weighted by atomic mass is 10.3. The second kappa shape index (κ2) is 4.28. The molecule has 0 aliphatic carbocycles. The monoisotopic (exact) mass is 256 g/mol. The molecule has 1 saturated heterocycles. The van der Waals surface area contributed by atoms with E-state index in [4.69, 9.17) is 4.74 Å². The standard InChI is InChI=1S/C10H13BrN2O/c1-13-3-2-9(7-13)14-10-4-8(11)5-12-6-10/h4-6,9H,2-3,7H2,1H3/t9-/m1/s1. The van der Waals surface area contributed by atoms with Crippen LogP contribution in [0, 0.1) is 0 Å². The van der Waals surface area contributed by atoms with E-state index in [0.717, 1.165) is 29.7 Å². The maximum atomic E-state index is 5.79. The Kier molecular flexibility index (Phi) is 3.03. The number of nitrogens with zero attached hydrogens (tertiary/aromatic N) is 2. The maximum absolute atomic E-state index is 5.79. The summed E-state index contributed by atoms with van der Waals surface area (Å²) in [5.41, 5.74) is 0. The van der Waals surface area contributed by atoms with Gasteiger partial charge in [0.15, 0.2) is 0 Å². The average Bonchev–Trinajstić information content (AvgIpc) is 2.51. The highest BCUT2D eigenvalue weighted by molar-refractivity contribution is 9.10. The van der Waals surface area contributed by atoms with Gasteiger partial charge in [0.05, 0.1) is 6.20 Å². The predicted molar refractivity (Wildman–Crippen MR) is 58.5 cm³/mol. The van der Waals surface area contributed by atoms with E-state index < -0.39 is 0 Å². The van der Waals surface area contributed by atoms with Crippen molar-refractivity contribution in [3.63, 3.8) is 0 Å². The Balaban J connectivity index is 1.97. The first-order chi connectivity index (χ1) is 6.74. The highest BCUT2D eigenvalue weighted by Gasteiger charge is 2.20. The molecule has 3 nitrogen and oxygen atoms in total. The van der Waals surface area contributed by atoms with Crippen molar-refractivity contribution in [3.8, 4) is 5.75 Å². The molecule has 0 N–H and O–H groups in total. The number of pyridine rings is 1. The molecular formula is C10H13BrN2O. The number of aromatic nitrogens is 1. The topological polar surface area (TPSA) is 25.4 Å². The van der Waals surface area contributed by atoms with E-state index in [1.807, 2.05) is 6.07 Å². The zero-order valence-corrected chi connectivity index (χ0v) is 9.70. The molecule has 0 bridgehead atoms. The first kappa shape index (κ1) is 9.93. The molecule has 76 valence electrons. The van der Waals surface area contributed by atoms with Crippen LogP contribution in [-0.2, 0) is 0 Å². The van der Waals surface area contributed by atoms with Crippen LogP contribution in [0.15, 0.2) is 22.9 Å². The fraction of sp³-hybridized carbons (Fsp3) is 0.500. The Hall–Kier alpha value is -0.610. The van der Waals surface area contributed by atoms with Gasteiger partial charge in [0, 0.05) is 23.8 Å². The smallest absolute Gasteiger partial charge is 0.139 e. The van der Waals surface area contributed by atoms with Crippen LogP contribution in [0.4, 0.5) is 0 Å². The Morgan fingerprint density at radius 3 is 3.07 bits per heavy atom. The fourth-order valence-electron chi connectivity index (χ4n) is 1.64. The summed E-state index contributed by atoms with van der Waals surface area (Å²) in [5, 5.41) is 0. The first-order valence-corrected chi connectivity index (χ1v) is 5.49. The van der Waals surface area contributed by atoms with Crippen LogP contribution in [0.25, 0.3) is 0 Å². The number of ether oxygens (including phenoxy) is 1. The molecule has 1 fully saturated rings. The first-order valence-electron chi connectivity index (χ1n) is 4.70. The molecule has 2 rings (SSSR count). The molecular weight excluding hydrogens is 244 g/mol. The number of likely N-dealkylation sites (N-methyl/N-ethyl adjacent to an activating group) is 1. The van der Waals surface area contributed by atoms with Crippen molar-refractivity contribution in [2.24, 2.45) is 0 Å². The minimum Gasteiger partial charge on any atom is -0.487 e. The summed E-state index contributed by atoms with van der Waals surface area (Å²) in [6, 6.07) is 1.95. The summed E-state index contributed by atoms with van der Waals surface area (Å²) in [6.45, 7) is 2.12. The molecule has 0 amide bonds. The number of hydrogen-bond donors (Lipinski definition) is 0. The number of likely N-dealkylation sites (tertiary alicyclic amines) is 1. The number of halogens is 1. The SMILES string of the molecule is CN1CC[C@@H](Oc2cncc(Br)c2)C1. The van der Waals surface area contributed by atoms with E-state index in [-0.39, 0.29) is 0 Å². The molecule has 4 heteroatoms. The van der Waals surface area contributed by atoms with Crippen LogP contribution >= 0.6 is 15.9 Å². The van der Waals surface area contributed by atoms with Gasteiger partial charge in [-0.1, -0.05) is 0 Å². The third-order valence-electron chi connectivity index (χ3n) is 2.33. The third-order valence-corrected chi connectivity index (χ3v) is 2.76. The van der Waals surface area contributed by atoms with Gasteiger partial charge >= 0.3 is 0 Å². The molecule has 0 radical (unpaired) electrons. The van der Waals surface area contributed by atoms with Crippen molar-refractivity contribution in [1.82, 2.24) is 9.88 Å². The molecule has 0 saturated carbocycles. The molecule has 1 aliphatic heterocycles. The summed E-state index contributed by atoms with van der Waals surface area (Å²) in [4.78, 5) is 6.33.